The number of rotatable bonds is 5. The van der Waals surface area contributed by atoms with Gasteiger partial charge in [0, 0.05) is 16.2 Å². The van der Waals surface area contributed by atoms with Crippen molar-refractivity contribution in [2.24, 2.45) is 7.05 Å². The van der Waals surface area contributed by atoms with Crippen molar-refractivity contribution in [3.8, 4) is 17.2 Å². The molecule has 1 aromatic heterocycles. The van der Waals surface area contributed by atoms with Gasteiger partial charge in [0.05, 0.1) is 11.3 Å². The number of nitrogens with zero attached hydrogens (tertiary/aromatic N) is 4. The number of phenolic OH excluding ortho intramolecular Hbond substituents is 1. The number of halogens is 3. The molecular formula is C16H13F2IN4O3. The molecule has 0 spiro atoms. The Balaban J connectivity index is 1.97. The fourth-order valence-electron chi connectivity index (χ4n) is 2.34. The van der Waals surface area contributed by atoms with Crippen LogP contribution in [0.3, 0.4) is 0 Å². The van der Waals surface area contributed by atoms with E-state index in [2.05, 4.69) is 33.0 Å². The fraction of sp³-hybridized carbons (Fsp3) is 0.188. The van der Waals surface area contributed by atoms with E-state index < -0.39 is 17.7 Å². The summed E-state index contributed by atoms with van der Waals surface area (Å²) in [4.78, 5) is 12.1. The largest absolute Gasteiger partial charge is 0.508 e. The van der Waals surface area contributed by atoms with Crippen molar-refractivity contribution >= 4 is 22.6 Å². The maximum Gasteiger partial charge on any atom is 0.368 e. The van der Waals surface area contributed by atoms with Crippen LogP contribution in [0.25, 0.3) is 5.69 Å². The van der Waals surface area contributed by atoms with Crippen molar-refractivity contribution in [2.75, 3.05) is 0 Å². The first-order chi connectivity index (χ1) is 12.4. The van der Waals surface area contributed by atoms with Gasteiger partial charge in [0.2, 0.25) is 0 Å². The summed E-state index contributed by atoms with van der Waals surface area (Å²) in [7, 11) is 1.47. The molecule has 0 unspecified atom stereocenters. The van der Waals surface area contributed by atoms with Crippen LogP contribution in [0.2, 0.25) is 0 Å². The summed E-state index contributed by atoms with van der Waals surface area (Å²) in [5.74, 6) is -0.316. The second-order valence-corrected chi connectivity index (χ2v) is 6.51. The third-order valence-electron chi connectivity index (χ3n) is 3.64. The van der Waals surface area contributed by atoms with Crippen LogP contribution in [0.5, 0.6) is 11.5 Å². The molecule has 0 atom stereocenters. The fourth-order valence-corrected chi connectivity index (χ4v) is 2.98. The van der Waals surface area contributed by atoms with Gasteiger partial charge in [-0.25, -0.2) is 13.6 Å². The average molecular weight is 474 g/mol. The number of hydrogen-bond donors (Lipinski definition) is 1. The van der Waals surface area contributed by atoms with E-state index in [-0.39, 0.29) is 18.1 Å². The smallest absolute Gasteiger partial charge is 0.368 e. The molecule has 7 nitrogen and oxygen atoms in total. The maximum atomic E-state index is 13.2. The van der Waals surface area contributed by atoms with Crippen molar-refractivity contribution in [2.45, 2.75) is 13.0 Å². The van der Waals surface area contributed by atoms with Crippen LogP contribution in [0.4, 0.5) is 8.78 Å². The first kappa shape index (κ1) is 18.3. The summed E-state index contributed by atoms with van der Waals surface area (Å²) in [6.07, 6.45) is -2.80. The number of phenols is 1. The highest BCUT2D eigenvalue weighted by atomic mass is 127. The molecule has 26 heavy (non-hydrogen) atoms. The zero-order valence-corrected chi connectivity index (χ0v) is 15.6. The zero-order valence-electron chi connectivity index (χ0n) is 13.4. The van der Waals surface area contributed by atoms with E-state index in [1.54, 1.807) is 18.2 Å². The van der Waals surface area contributed by atoms with Gasteiger partial charge >= 0.3 is 5.69 Å². The molecule has 10 heteroatoms. The lowest BCUT2D eigenvalue weighted by Crippen LogP contribution is -2.23. The molecule has 2 aromatic carbocycles. The van der Waals surface area contributed by atoms with E-state index >= 15 is 0 Å². The molecule has 136 valence electrons. The molecule has 0 fully saturated rings. The predicted molar refractivity (Wildman–Crippen MR) is 96.7 cm³/mol. The van der Waals surface area contributed by atoms with Crippen molar-refractivity contribution in [3.05, 3.63) is 61.6 Å². The molecule has 1 heterocycles. The Morgan fingerprint density at radius 3 is 2.69 bits per heavy atom. The standard InChI is InChI=1S/C16H13F2IN4O3/c1-22-16(25)23(21-20-22)13-4-2-3-12(19)11(13)8-26-14-6-5-9(24)7-10(14)15(17)18/h2-7,15,24H,8H2,1H3. The number of aromatic nitrogens is 4. The molecule has 0 aliphatic heterocycles. The van der Waals surface area contributed by atoms with E-state index in [4.69, 9.17) is 4.74 Å². The van der Waals surface area contributed by atoms with Gasteiger partial charge in [-0.2, -0.15) is 9.36 Å². The number of ether oxygens (including phenoxy) is 1. The van der Waals surface area contributed by atoms with Crippen LogP contribution in [-0.4, -0.2) is 24.9 Å². The quantitative estimate of drug-likeness (QED) is 0.576. The molecule has 3 aromatic rings. The second-order valence-electron chi connectivity index (χ2n) is 5.35. The third kappa shape index (κ3) is 3.54. The third-order valence-corrected chi connectivity index (χ3v) is 4.66. The van der Waals surface area contributed by atoms with Gasteiger partial charge in [-0.3, -0.25) is 0 Å². The van der Waals surface area contributed by atoms with Crippen LogP contribution in [-0.2, 0) is 13.7 Å². The highest BCUT2D eigenvalue weighted by molar-refractivity contribution is 14.1. The summed E-state index contributed by atoms with van der Waals surface area (Å²) in [5, 5.41) is 16.9. The van der Waals surface area contributed by atoms with E-state index in [0.717, 1.165) is 19.0 Å². The minimum atomic E-state index is -2.80. The number of alkyl halides is 2. The van der Waals surface area contributed by atoms with Crippen LogP contribution < -0.4 is 10.4 Å². The number of aromatic hydroxyl groups is 1. The van der Waals surface area contributed by atoms with E-state index in [1.165, 1.54) is 19.2 Å². The first-order valence-corrected chi connectivity index (χ1v) is 8.47. The molecule has 0 aliphatic rings. The van der Waals surface area contributed by atoms with Crippen LogP contribution in [0.1, 0.15) is 17.6 Å². The number of benzene rings is 2. The highest BCUT2D eigenvalue weighted by Crippen LogP contribution is 2.33. The topological polar surface area (TPSA) is 82.2 Å². The summed E-state index contributed by atoms with van der Waals surface area (Å²) < 4.78 is 34.8. The van der Waals surface area contributed by atoms with Crippen LogP contribution in [0.15, 0.2) is 41.2 Å². The average Bonchev–Trinajstić information content (AvgIpc) is 2.93. The second kappa shape index (κ2) is 7.40. The van der Waals surface area contributed by atoms with Gasteiger partial charge in [-0.05, 0) is 63.3 Å². The van der Waals surface area contributed by atoms with Crippen LogP contribution in [0, 0.1) is 3.57 Å². The Morgan fingerprint density at radius 1 is 1.27 bits per heavy atom. The number of aryl methyl sites for hydroxylation is 1. The molecule has 0 amide bonds. The SMILES string of the molecule is Cn1nnn(-c2cccc(I)c2COc2ccc(O)cc2C(F)F)c1=O. The van der Waals surface area contributed by atoms with Crippen molar-refractivity contribution in [3.63, 3.8) is 0 Å². The minimum Gasteiger partial charge on any atom is -0.508 e. The lowest BCUT2D eigenvalue weighted by Gasteiger charge is -2.14. The molecule has 0 aliphatic carbocycles. The Bertz CT molecular complexity index is 1000. The van der Waals surface area contributed by atoms with Crippen molar-refractivity contribution in [1.29, 1.82) is 0 Å². The lowest BCUT2D eigenvalue weighted by atomic mass is 10.1. The Kier molecular flexibility index (Phi) is 5.20. The molecule has 0 bridgehead atoms. The van der Waals surface area contributed by atoms with E-state index in [0.29, 0.717) is 11.3 Å². The summed E-state index contributed by atoms with van der Waals surface area (Å²) in [6, 6.07) is 8.72. The molecule has 0 saturated heterocycles. The van der Waals surface area contributed by atoms with E-state index in [1.807, 2.05) is 0 Å². The summed E-state index contributed by atoms with van der Waals surface area (Å²) in [5.41, 5.74) is 0.205. The van der Waals surface area contributed by atoms with Gasteiger partial charge in [0.15, 0.2) is 0 Å². The lowest BCUT2D eigenvalue weighted by molar-refractivity contribution is 0.144. The first-order valence-electron chi connectivity index (χ1n) is 7.39. The molecule has 0 radical (unpaired) electrons. The summed E-state index contributed by atoms with van der Waals surface area (Å²) >= 11 is 2.06. The summed E-state index contributed by atoms with van der Waals surface area (Å²) in [6.45, 7) is -0.0675. The Labute approximate surface area is 159 Å². The minimum absolute atomic E-state index is 0.0464. The number of hydrogen-bond acceptors (Lipinski definition) is 5. The molecule has 1 N–H and O–H groups in total. The highest BCUT2D eigenvalue weighted by Gasteiger charge is 2.18. The zero-order chi connectivity index (χ0) is 18.8. The monoisotopic (exact) mass is 474 g/mol. The number of tetrazole rings is 1. The van der Waals surface area contributed by atoms with E-state index in [9.17, 15) is 18.7 Å². The van der Waals surface area contributed by atoms with Crippen molar-refractivity contribution < 1.29 is 18.6 Å². The van der Waals surface area contributed by atoms with Gasteiger partial charge in [-0.1, -0.05) is 6.07 Å². The van der Waals surface area contributed by atoms with Crippen molar-refractivity contribution in [1.82, 2.24) is 19.8 Å². The maximum absolute atomic E-state index is 13.2. The van der Waals surface area contributed by atoms with Gasteiger partial charge in [0.25, 0.3) is 6.43 Å². The predicted octanol–water partition coefficient (Wildman–Crippen LogP) is 2.79. The van der Waals surface area contributed by atoms with Crippen LogP contribution >= 0.6 is 22.6 Å². The Hall–Kier alpha value is -2.50. The van der Waals surface area contributed by atoms with Gasteiger partial charge in [0.1, 0.15) is 18.1 Å². The van der Waals surface area contributed by atoms with Gasteiger partial charge in [-0.15, -0.1) is 0 Å². The Morgan fingerprint density at radius 2 is 2.04 bits per heavy atom. The normalized spacial score (nSPS) is 11.1. The molecular weight excluding hydrogens is 461 g/mol. The molecule has 0 saturated carbocycles. The molecule has 3 rings (SSSR count). The van der Waals surface area contributed by atoms with Gasteiger partial charge < -0.3 is 9.84 Å².